The maximum Gasteiger partial charge on any atom is 0.254 e. The van der Waals surface area contributed by atoms with Gasteiger partial charge in [0.25, 0.3) is 5.91 Å². The molecule has 0 radical (unpaired) electrons. The van der Waals surface area contributed by atoms with Gasteiger partial charge in [-0.05, 0) is 31.9 Å². The van der Waals surface area contributed by atoms with Gasteiger partial charge in [0.2, 0.25) is 21.8 Å². The molecule has 3 amide bonds. The molecule has 0 N–H and O–H groups in total. The number of rotatable bonds is 3. The van der Waals surface area contributed by atoms with E-state index in [0.717, 1.165) is 9.87 Å². The monoisotopic (exact) mass is 364 g/mol. The van der Waals surface area contributed by atoms with Crippen molar-refractivity contribution in [2.75, 3.05) is 6.54 Å². The van der Waals surface area contributed by atoms with Crippen LogP contribution in [0.3, 0.4) is 0 Å². The van der Waals surface area contributed by atoms with Gasteiger partial charge in [-0.15, -0.1) is 0 Å². The third-order valence-corrected chi connectivity index (χ3v) is 6.56. The lowest BCUT2D eigenvalue weighted by atomic mass is 10.0. The maximum atomic E-state index is 13.0. The van der Waals surface area contributed by atoms with Gasteiger partial charge in [-0.2, -0.15) is 4.31 Å². The number of imide groups is 3. The minimum atomic E-state index is -3.87. The highest BCUT2D eigenvalue weighted by Gasteiger charge is 2.44. The second-order valence-electron chi connectivity index (χ2n) is 6.40. The Bertz CT molecular complexity index is 800. The molecule has 7 nitrogen and oxygen atoms in total. The first-order valence-corrected chi connectivity index (χ1v) is 9.74. The van der Waals surface area contributed by atoms with Crippen LogP contribution in [0.25, 0.3) is 0 Å². The molecule has 2 heterocycles. The minimum absolute atomic E-state index is 0.00199. The first-order chi connectivity index (χ1) is 11.8. The zero-order valence-electron chi connectivity index (χ0n) is 14.0. The molecule has 2 fully saturated rings. The van der Waals surface area contributed by atoms with E-state index in [0.29, 0.717) is 24.2 Å². The lowest BCUT2D eigenvalue weighted by Gasteiger charge is -2.34. The summed E-state index contributed by atoms with van der Waals surface area (Å²) >= 11 is 0. The molecule has 1 atom stereocenters. The van der Waals surface area contributed by atoms with Crippen LogP contribution in [0.15, 0.2) is 29.2 Å². The zero-order valence-corrected chi connectivity index (χ0v) is 14.8. The summed E-state index contributed by atoms with van der Waals surface area (Å²) in [5.74, 6) is -1.82. The SMILES string of the molecule is Cc1ccc(S(=O)(=O)N2CCCCC2C(=O)N2C(=O)CCC2=O)cc1. The Kier molecular flexibility index (Phi) is 4.75. The van der Waals surface area contributed by atoms with Gasteiger partial charge in [0, 0.05) is 19.4 Å². The number of benzene rings is 1. The number of hydrogen-bond acceptors (Lipinski definition) is 5. The van der Waals surface area contributed by atoms with Crippen LogP contribution in [0.5, 0.6) is 0 Å². The highest BCUT2D eigenvalue weighted by molar-refractivity contribution is 7.89. The van der Waals surface area contributed by atoms with Crippen molar-refractivity contribution in [3.8, 4) is 0 Å². The zero-order chi connectivity index (χ0) is 18.2. The largest absolute Gasteiger partial charge is 0.274 e. The first-order valence-electron chi connectivity index (χ1n) is 8.30. The standard InChI is InChI=1S/C17H20N2O5S/c1-12-5-7-13(8-6-12)25(23,24)18-11-3-2-4-14(18)17(22)19-15(20)9-10-16(19)21/h5-8,14H,2-4,9-11H2,1H3. The average Bonchev–Trinajstić information content (AvgIpc) is 2.93. The van der Waals surface area contributed by atoms with Crippen molar-refractivity contribution >= 4 is 27.7 Å². The van der Waals surface area contributed by atoms with Crippen molar-refractivity contribution in [3.63, 3.8) is 0 Å². The topological polar surface area (TPSA) is 91.8 Å². The van der Waals surface area contributed by atoms with Gasteiger partial charge < -0.3 is 0 Å². The number of aryl methyl sites for hydroxylation is 1. The fraction of sp³-hybridized carbons (Fsp3) is 0.471. The molecular formula is C17H20N2O5S. The van der Waals surface area contributed by atoms with Crippen molar-refractivity contribution in [1.29, 1.82) is 0 Å². The minimum Gasteiger partial charge on any atom is -0.274 e. The molecule has 2 aliphatic heterocycles. The normalized spacial score (nSPS) is 22.4. The molecule has 25 heavy (non-hydrogen) atoms. The molecule has 0 saturated carbocycles. The maximum absolute atomic E-state index is 13.0. The summed E-state index contributed by atoms with van der Waals surface area (Å²) in [5, 5.41) is 0. The lowest BCUT2D eigenvalue weighted by Crippen LogP contribution is -2.54. The molecule has 8 heteroatoms. The van der Waals surface area contributed by atoms with Crippen molar-refractivity contribution < 1.29 is 22.8 Å². The Hall–Kier alpha value is -2.06. The predicted octanol–water partition coefficient (Wildman–Crippen LogP) is 1.21. The Balaban J connectivity index is 1.93. The number of nitrogens with zero attached hydrogens (tertiary/aromatic N) is 2. The Labute approximate surface area is 146 Å². The molecule has 1 unspecified atom stereocenters. The number of carbonyl (C=O) groups is 3. The summed E-state index contributed by atoms with van der Waals surface area (Å²) in [7, 11) is -3.87. The summed E-state index contributed by atoms with van der Waals surface area (Å²) in [6.45, 7) is 2.05. The second-order valence-corrected chi connectivity index (χ2v) is 8.29. The van der Waals surface area contributed by atoms with E-state index >= 15 is 0 Å². The predicted molar refractivity (Wildman–Crippen MR) is 88.8 cm³/mol. The molecule has 1 aromatic carbocycles. The van der Waals surface area contributed by atoms with Crippen molar-refractivity contribution in [1.82, 2.24) is 9.21 Å². The molecule has 0 bridgehead atoms. The van der Waals surface area contributed by atoms with Gasteiger partial charge in [0.05, 0.1) is 4.90 Å². The first kappa shape index (κ1) is 17.8. The number of hydrogen-bond donors (Lipinski definition) is 0. The molecule has 1 aromatic rings. The highest BCUT2D eigenvalue weighted by atomic mass is 32.2. The van der Waals surface area contributed by atoms with Crippen LogP contribution in [0, 0.1) is 6.92 Å². The van der Waals surface area contributed by atoms with Crippen LogP contribution < -0.4 is 0 Å². The van der Waals surface area contributed by atoms with E-state index in [1.807, 2.05) is 6.92 Å². The molecule has 2 saturated heterocycles. The number of likely N-dealkylation sites (tertiary alicyclic amines) is 1. The van der Waals surface area contributed by atoms with Crippen LogP contribution in [0.2, 0.25) is 0 Å². The van der Waals surface area contributed by atoms with Gasteiger partial charge in [0.15, 0.2) is 0 Å². The number of sulfonamides is 1. The third kappa shape index (κ3) is 3.23. The van der Waals surface area contributed by atoms with E-state index in [2.05, 4.69) is 0 Å². The third-order valence-electron chi connectivity index (χ3n) is 4.64. The molecule has 0 aromatic heterocycles. The van der Waals surface area contributed by atoms with Crippen LogP contribution in [0.4, 0.5) is 0 Å². The summed E-state index contributed by atoms with van der Waals surface area (Å²) in [4.78, 5) is 37.2. The molecule has 0 spiro atoms. The van der Waals surface area contributed by atoms with Gasteiger partial charge >= 0.3 is 0 Å². The highest BCUT2D eigenvalue weighted by Crippen LogP contribution is 2.28. The van der Waals surface area contributed by atoms with E-state index < -0.39 is 33.8 Å². The quantitative estimate of drug-likeness (QED) is 0.752. The van der Waals surface area contributed by atoms with Crippen LogP contribution in [-0.4, -0.2) is 47.9 Å². The smallest absolute Gasteiger partial charge is 0.254 e. The second kappa shape index (κ2) is 6.68. The van der Waals surface area contributed by atoms with Gasteiger partial charge in [-0.25, -0.2) is 13.3 Å². The molecule has 3 rings (SSSR count). The summed E-state index contributed by atoms with van der Waals surface area (Å²) < 4.78 is 27.1. The van der Waals surface area contributed by atoms with Crippen molar-refractivity contribution in [2.45, 2.75) is 50.0 Å². The summed E-state index contributed by atoms with van der Waals surface area (Å²) in [6.07, 6.45) is 1.62. The molecular weight excluding hydrogens is 344 g/mol. The number of carbonyl (C=O) groups excluding carboxylic acids is 3. The number of piperidine rings is 1. The van der Waals surface area contributed by atoms with E-state index in [1.165, 1.54) is 12.1 Å². The molecule has 134 valence electrons. The van der Waals surface area contributed by atoms with Gasteiger partial charge in [-0.3, -0.25) is 14.4 Å². The van der Waals surface area contributed by atoms with Crippen molar-refractivity contribution in [3.05, 3.63) is 29.8 Å². The lowest BCUT2D eigenvalue weighted by molar-refractivity contribution is -0.152. The summed E-state index contributed by atoms with van der Waals surface area (Å²) in [5.41, 5.74) is 0.929. The van der Waals surface area contributed by atoms with E-state index in [9.17, 15) is 22.8 Å². The summed E-state index contributed by atoms with van der Waals surface area (Å²) in [6, 6.07) is 5.40. The van der Waals surface area contributed by atoms with Crippen LogP contribution in [-0.2, 0) is 24.4 Å². The van der Waals surface area contributed by atoms with Gasteiger partial charge in [-0.1, -0.05) is 24.1 Å². The molecule has 0 aliphatic carbocycles. The fourth-order valence-corrected chi connectivity index (χ4v) is 4.91. The fourth-order valence-electron chi connectivity index (χ4n) is 3.26. The van der Waals surface area contributed by atoms with Crippen LogP contribution >= 0.6 is 0 Å². The van der Waals surface area contributed by atoms with Crippen molar-refractivity contribution in [2.24, 2.45) is 0 Å². The van der Waals surface area contributed by atoms with E-state index in [1.54, 1.807) is 12.1 Å². The Morgan fingerprint density at radius 3 is 2.24 bits per heavy atom. The average molecular weight is 364 g/mol. The van der Waals surface area contributed by atoms with E-state index in [-0.39, 0.29) is 24.3 Å². The Morgan fingerprint density at radius 1 is 1.04 bits per heavy atom. The Morgan fingerprint density at radius 2 is 1.64 bits per heavy atom. The van der Waals surface area contributed by atoms with E-state index in [4.69, 9.17) is 0 Å². The number of amides is 3. The van der Waals surface area contributed by atoms with Crippen LogP contribution in [0.1, 0.15) is 37.7 Å². The molecule has 2 aliphatic rings. The van der Waals surface area contributed by atoms with Gasteiger partial charge in [0.1, 0.15) is 6.04 Å².